The quantitative estimate of drug-likeness (QED) is 0.236. The van der Waals surface area contributed by atoms with Gasteiger partial charge in [0.2, 0.25) is 5.78 Å². The summed E-state index contributed by atoms with van der Waals surface area (Å²) in [6, 6.07) is 11.9. The second kappa shape index (κ2) is 12.7. The Kier molecular flexibility index (Phi) is 9.26. The van der Waals surface area contributed by atoms with E-state index in [-0.39, 0.29) is 30.0 Å². The van der Waals surface area contributed by atoms with Gasteiger partial charge in [-0.25, -0.2) is 0 Å². The molecule has 5 aliphatic rings. The first-order valence-electron chi connectivity index (χ1n) is 15.8. The summed E-state index contributed by atoms with van der Waals surface area (Å²) >= 11 is 0. The Bertz CT molecular complexity index is 1780. The normalized spacial score (nSPS) is 30.5. The van der Waals surface area contributed by atoms with Crippen LogP contribution in [0.25, 0.3) is 0 Å². The third-order valence-corrected chi connectivity index (χ3v) is 10.4. The minimum Gasteiger partial charge on any atom is -0.510 e. The number of ketones is 2. The maximum absolute atomic E-state index is 13.3. The molecule has 6 atom stereocenters. The van der Waals surface area contributed by atoms with E-state index >= 15 is 0 Å². The van der Waals surface area contributed by atoms with Gasteiger partial charge in [-0.2, -0.15) is 0 Å². The number of benzene rings is 2. The summed E-state index contributed by atoms with van der Waals surface area (Å²) in [4.78, 5) is 44.4. The van der Waals surface area contributed by atoms with Crippen molar-refractivity contribution in [1.82, 2.24) is 10.2 Å². The van der Waals surface area contributed by atoms with Crippen LogP contribution in [0, 0.1) is 11.8 Å². The lowest BCUT2D eigenvalue weighted by Gasteiger charge is -2.52. The van der Waals surface area contributed by atoms with Gasteiger partial charge in [-0.15, -0.1) is 12.4 Å². The fraction of sp³-hybridized carbons (Fsp3) is 0.429. The molecule has 0 bridgehead atoms. The number of nitrogens with two attached hydrogens (primary N) is 1. The molecule has 0 saturated heterocycles. The van der Waals surface area contributed by atoms with Crippen molar-refractivity contribution in [1.29, 1.82) is 0 Å². The highest BCUT2D eigenvalue weighted by Gasteiger charge is 2.65. The fourth-order valence-electron chi connectivity index (χ4n) is 8.20. The highest BCUT2D eigenvalue weighted by molar-refractivity contribution is 6.24. The molecule has 0 spiro atoms. The highest BCUT2D eigenvalue weighted by atomic mass is 35.5. The maximum Gasteiger partial charge on any atom is 0.255 e. The average molecular weight is 681 g/mol. The van der Waals surface area contributed by atoms with E-state index in [1.807, 2.05) is 0 Å². The summed E-state index contributed by atoms with van der Waals surface area (Å²) in [5.74, 6) is -6.13. The molecule has 1 unspecified atom stereocenters. The summed E-state index contributed by atoms with van der Waals surface area (Å²) < 4.78 is 0. The first-order chi connectivity index (χ1) is 22.2. The van der Waals surface area contributed by atoms with Crippen LogP contribution in [-0.4, -0.2) is 92.6 Å². The number of halogens is 1. The van der Waals surface area contributed by atoms with Gasteiger partial charge < -0.3 is 36.6 Å². The van der Waals surface area contributed by atoms with E-state index in [9.17, 15) is 39.9 Å². The van der Waals surface area contributed by atoms with Crippen molar-refractivity contribution < 1.29 is 39.9 Å². The van der Waals surface area contributed by atoms with Crippen molar-refractivity contribution in [3.05, 3.63) is 87.4 Å². The van der Waals surface area contributed by atoms with Gasteiger partial charge in [0.15, 0.2) is 11.4 Å². The predicted octanol–water partition coefficient (Wildman–Crippen LogP) is 2.32. The van der Waals surface area contributed by atoms with Crippen molar-refractivity contribution in [2.24, 2.45) is 22.6 Å². The summed E-state index contributed by atoms with van der Waals surface area (Å²) in [5.41, 5.74) is 2.36. The molecule has 0 radical (unpaired) electrons. The molecule has 7 rings (SSSR count). The molecule has 12 nitrogen and oxygen atoms in total. The van der Waals surface area contributed by atoms with E-state index in [0.29, 0.717) is 5.92 Å². The van der Waals surface area contributed by atoms with Gasteiger partial charge >= 0.3 is 0 Å². The van der Waals surface area contributed by atoms with Crippen LogP contribution in [0.4, 0.5) is 0 Å². The zero-order chi connectivity index (χ0) is 34.0. The number of likely N-dealkylation sites (N-methyl/N-ethyl adjacent to an activating group) is 1. The minimum absolute atomic E-state index is 0. The van der Waals surface area contributed by atoms with E-state index in [1.54, 1.807) is 0 Å². The smallest absolute Gasteiger partial charge is 0.255 e. The van der Waals surface area contributed by atoms with Gasteiger partial charge in [-0.3, -0.25) is 24.3 Å². The molecular weight excluding hydrogens is 640 g/mol. The molecule has 0 saturated carbocycles. The molecule has 256 valence electrons. The maximum atomic E-state index is 13.3. The second-order valence-electron chi connectivity index (χ2n) is 13.3. The Hall–Kier alpha value is -4.23. The number of aryl methyl sites for hydroxylation is 1. The third kappa shape index (κ3) is 5.18. The Balaban J connectivity index is 0.000000234. The number of fused-ring (bicyclic) bond motifs is 4. The molecule has 1 heterocycles. The number of Topliss-reactive ketones (excluding diaryl/α,β-unsaturated/α-hetero) is 2. The number of aliphatic hydroxyl groups excluding tert-OH is 2. The van der Waals surface area contributed by atoms with Gasteiger partial charge in [0.05, 0.1) is 23.8 Å². The summed E-state index contributed by atoms with van der Waals surface area (Å²) in [5, 5.41) is 58.5. The molecule has 1 aliphatic heterocycles. The number of carbonyl (C=O) groups is 3. The van der Waals surface area contributed by atoms with Gasteiger partial charge in [0.1, 0.15) is 28.7 Å². The van der Waals surface area contributed by atoms with Crippen molar-refractivity contribution >= 4 is 35.7 Å². The third-order valence-electron chi connectivity index (χ3n) is 10.4. The predicted molar refractivity (Wildman–Crippen MR) is 179 cm³/mol. The van der Waals surface area contributed by atoms with E-state index in [1.165, 1.54) is 80.3 Å². The number of nitrogens with zero attached hydrogens (tertiary/aromatic N) is 2. The number of aromatic hydroxyl groups is 1. The van der Waals surface area contributed by atoms with Crippen LogP contribution in [-0.2, 0) is 21.6 Å². The van der Waals surface area contributed by atoms with Crippen molar-refractivity contribution in [2.75, 3.05) is 27.2 Å². The first-order valence-corrected chi connectivity index (χ1v) is 15.8. The Morgan fingerprint density at radius 3 is 2.42 bits per heavy atom. The number of amides is 1. The van der Waals surface area contributed by atoms with Gasteiger partial charge in [-0.1, -0.05) is 36.4 Å². The van der Waals surface area contributed by atoms with Crippen LogP contribution < -0.4 is 11.1 Å². The Labute approximate surface area is 284 Å². The number of hydrogen-bond acceptors (Lipinski definition) is 11. The van der Waals surface area contributed by atoms with Crippen molar-refractivity contribution in [2.45, 2.75) is 55.8 Å². The van der Waals surface area contributed by atoms with E-state index in [0.717, 1.165) is 13.1 Å². The summed E-state index contributed by atoms with van der Waals surface area (Å²) in [7, 11) is 3.06. The second-order valence-corrected chi connectivity index (χ2v) is 13.3. The number of carbonyl (C=O) groups excluding carboxylic acids is 3. The number of phenolic OH excluding ortho intramolecular Hbond substituents is 1. The zero-order valence-corrected chi connectivity index (χ0v) is 27.8. The molecule has 13 heteroatoms. The molecule has 2 aromatic rings. The van der Waals surface area contributed by atoms with Crippen LogP contribution in [0.15, 0.2) is 70.1 Å². The number of phenols is 1. The Morgan fingerprint density at radius 1 is 1.06 bits per heavy atom. The SMILES string of the molecule is CN(C)[C@@H]1C(O)=C(C(N)=O)C(=O)[C@@]2(O)C(O)=C3C(=O)c4c(O)cccc4[C@@](C)(O)[C@H]3C[C@@H]12.Cl.c1ccc2c(c1)CCCC2C1=NCCN1. The molecule has 0 fully saturated rings. The summed E-state index contributed by atoms with van der Waals surface area (Å²) in [6.07, 6.45) is 3.58. The fourth-order valence-corrected chi connectivity index (χ4v) is 8.20. The lowest BCUT2D eigenvalue weighted by Crippen LogP contribution is -2.65. The Morgan fingerprint density at radius 2 is 1.77 bits per heavy atom. The summed E-state index contributed by atoms with van der Waals surface area (Å²) in [6.45, 7) is 3.38. The van der Waals surface area contributed by atoms with Crippen molar-refractivity contribution in [3.8, 4) is 5.75 Å². The number of aliphatic hydroxyl groups is 4. The lowest BCUT2D eigenvalue weighted by molar-refractivity contribution is -0.151. The average Bonchev–Trinajstić information content (AvgIpc) is 3.56. The zero-order valence-electron chi connectivity index (χ0n) is 26.9. The van der Waals surface area contributed by atoms with Crippen molar-refractivity contribution in [3.63, 3.8) is 0 Å². The number of hydrogen-bond donors (Lipinski definition) is 7. The largest absolute Gasteiger partial charge is 0.510 e. The van der Waals surface area contributed by atoms with E-state index in [2.05, 4.69) is 34.6 Å². The van der Waals surface area contributed by atoms with E-state index in [4.69, 9.17) is 5.73 Å². The van der Waals surface area contributed by atoms with Gasteiger partial charge in [0.25, 0.3) is 5.91 Å². The van der Waals surface area contributed by atoms with Gasteiger partial charge in [-0.05, 0) is 69.5 Å². The number of primary amides is 1. The van der Waals surface area contributed by atoms with Crippen LogP contribution in [0.3, 0.4) is 0 Å². The highest BCUT2D eigenvalue weighted by Crippen LogP contribution is 2.56. The monoisotopic (exact) mass is 680 g/mol. The number of amidine groups is 1. The first kappa shape index (κ1) is 35.1. The van der Waals surface area contributed by atoms with Gasteiger partial charge in [0, 0.05) is 29.9 Å². The standard InChI is InChI=1S/C22H24N2O8.C13H16N2.ClH/c1-21(31)8-5-4-6-11(25)12(8)16(26)13-9(21)7-10-15(24(2)3)17(27)14(20(23)30)19(29)22(10,32)18(13)28;1-2-6-11-10(4-1)5-3-7-12(11)13-14-8-9-15-13;/h4-6,9-10,15,25,27-28,31-32H,7H2,1-3H3,(H2,23,30);1-2,4,6,12H,3,5,7-9H2,(H,14,15);1H/t9-,10-,15-,21+,22-;;/m0../s1. The topological polar surface area (TPSA) is 206 Å². The molecule has 0 aromatic heterocycles. The molecule has 4 aliphatic carbocycles. The van der Waals surface area contributed by atoms with Crippen LogP contribution in [0.5, 0.6) is 5.75 Å². The molecule has 8 N–H and O–H groups in total. The number of rotatable bonds is 3. The molecular formula is C35H41ClN4O8. The molecule has 1 amide bonds. The van der Waals surface area contributed by atoms with Crippen LogP contribution in [0.1, 0.15) is 59.2 Å². The van der Waals surface area contributed by atoms with E-state index < -0.39 is 75.0 Å². The number of nitrogens with one attached hydrogen (secondary N) is 1. The lowest BCUT2D eigenvalue weighted by atomic mass is 9.55. The van der Waals surface area contributed by atoms with Crippen LogP contribution >= 0.6 is 12.4 Å². The minimum atomic E-state index is -2.75. The number of aliphatic imine (C=N–C) groups is 1. The molecule has 2 aromatic carbocycles. The molecule has 48 heavy (non-hydrogen) atoms. The van der Waals surface area contributed by atoms with Crippen LogP contribution in [0.2, 0.25) is 0 Å².